The molecule has 0 radical (unpaired) electrons. The second kappa shape index (κ2) is 9.37. The predicted octanol–water partition coefficient (Wildman–Crippen LogP) is 2.55. The molecule has 112 valence electrons. The van der Waals surface area contributed by atoms with E-state index in [1.54, 1.807) is 19.2 Å². The van der Waals surface area contributed by atoms with Gasteiger partial charge in [-0.05, 0) is 50.7 Å². The number of ether oxygens (including phenoxy) is 1. The highest BCUT2D eigenvalue weighted by Gasteiger charge is 2.05. The molecule has 0 aromatic heterocycles. The molecule has 1 rings (SSSR count). The highest BCUT2D eigenvalue weighted by Crippen LogP contribution is 2.12. The van der Waals surface area contributed by atoms with Crippen molar-refractivity contribution in [3.63, 3.8) is 0 Å². The molecular formula is C16H26N2O2. The molecule has 1 N–H and O–H groups in total. The molecule has 0 aliphatic rings. The summed E-state index contributed by atoms with van der Waals surface area (Å²) in [4.78, 5) is 14.3. The number of benzene rings is 1. The molecule has 0 aliphatic heterocycles. The average Bonchev–Trinajstić information content (AvgIpc) is 2.50. The molecule has 1 aromatic carbocycles. The van der Waals surface area contributed by atoms with Crippen LogP contribution in [0, 0.1) is 0 Å². The first-order valence-electron chi connectivity index (χ1n) is 7.35. The van der Waals surface area contributed by atoms with E-state index < -0.39 is 0 Å². The van der Waals surface area contributed by atoms with Gasteiger partial charge in [0, 0.05) is 12.1 Å². The Morgan fingerprint density at radius 3 is 2.65 bits per heavy atom. The van der Waals surface area contributed by atoms with Gasteiger partial charge in [-0.15, -0.1) is 0 Å². The number of methoxy groups -OCH3 is 1. The number of rotatable bonds is 9. The van der Waals surface area contributed by atoms with Crippen LogP contribution in [0.2, 0.25) is 0 Å². The second-order valence-electron chi connectivity index (χ2n) is 4.72. The Morgan fingerprint density at radius 1 is 1.25 bits per heavy atom. The summed E-state index contributed by atoms with van der Waals surface area (Å²) in [6.45, 7) is 8.35. The first kappa shape index (κ1) is 16.5. The van der Waals surface area contributed by atoms with Gasteiger partial charge in [0.25, 0.3) is 5.91 Å². The van der Waals surface area contributed by atoms with Gasteiger partial charge in [-0.2, -0.15) is 0 Å². The van der Waals surface area contributed by atoms with Crippen LogP contribution in [0.25, 0.3) is 0 Å². The van der Waals surface area contributed by atoms with Crippen LogP contribution < -0.4 is 10.1 Å². The van der Waals surface area contributed by atoms with Crippen molar-refractivity contribution in [3.8, 4) is 5.75 Å². The number of hydrogen-bond donors (Lipinski definition) is 1. The molecule has 0 unspecified atom stereocenters. The number of unbranched alkanes of at least 4 members (excludes halogenated alkanes) is 1. The maximum absolute atomic E-state index is 11.9. The van der Waals surface area contributed by atoms with Crippen LogP contribution in [0.1, 0.15) is 37.0 Å². The van der Waals surface area contributed by atoms with E-state index in [4.69, 9.17) is 4.74 Å². The summed E-state index contributed by atoms with van der Waals surface area (Å²) in [7, 11) is 1.60. The summed E-state index contributed by atoms with van der Waals surface area (Å²) >= 11 is 0. The van der Waals surface area contributed by atoms with Crippen molar-refractivity contribution < 1.29 is 9.53 Å². The Bertz CT molecular complexity index is 403. The third kappa shape index (κ3) is 5.61. The summed E-state index contributed by atoms with van der Waals surface area (Å²) < 4.78 is 5.11. The maximum Gasteiger partial charge on any atom is 0.251 e. The molecule has 0 atom stereocenters. The highest BCUT2D eigenvalue weighted by atomic mass is 16.5. The topological polar surface area (TPSA) is 41.6 Å². The van der Waals surface area contributed by atoms with Gasteiger partial charge in [-0.25, -0.2) is 0 Å². The summed E-state index contributed by atoms with van der Waals surface area (Å²) in [6, 6.07) is 7.22. The minimum atomic E-state index is -0.0354. The molecule has 0 bridgehead atoms. The van der Waals surface area contributed by atoms with Crippen LogP contribution in [-0.2, 0) is 0 Å². The van der Waals surface area contributed by atoms with Gasteiger partial charge >= 0.3 is 0 Å². The predicted molar refractivity (Wildman–Crippen MR) is 82.3 cm³/mol. The van der Waals surface area contributed by atoms with Crippen molar-refractivity contribution in [2.45, 2.75) is 26.7 Å². The smallest absolute Gasteiger partial charge is 0.251 e. The molecule has 1 amide bonds. The van der Waals surface area contributed by atoms with Gasteiger partial charge in [-0.3, -0.25) is 4.79 Å². The number of nitrogens with zero attached hydrogens (tertiary/aromatic N) is 1. The summed E-state index contributed by atoms with van der Waals surface area (Å²) in [5.41, 5.74) is 0.646. The zero-order valence-corrected chi connectivity index (χ0v) is 12.8. The van der Waals surface area contributed by atoms with E-state index in [-0.39, 0.29) is 5.91 Å². The van der Waals surface area contributed by atoms with E-state index in [9.17, 15) is 4.79 Å². The van der Waals surface area contributed by atoms with E-state index >= 15 is 0 Å². The van der Waals surface area contributed by atoms with Crippen molar-refractivity contribution >= 4 is 5.91 Å². The largest absolute Gasteiger partial charge is 0.497 e. The Balaban J connectivity index is 2.26. The van der Waals surface area contributed by atoms with Crippen molar-refractivity contribution in [2.75, 3.05) is 33.3 Å². The number of carbonyl (C=O) groups excluding carboxylic acids is 1. The third-order valence-electron chi connectivity index (χ3n) is 3.41. The quantitative estimate of drug-likeness (QED) is 0.706. The number of amides is 1. The monoisotopic (exact) mass is 278 g/mol. The minimum absolute atomic E-state index is 0.0354. The molecule has 0 saturated carbocycles. The van der Waals surface area contributed by atoms with Crippen LogP contribution in [0.5, 0.6) is 5.75 Å². The van der Waals surface area contributed by atoms with Crippen molar-refractivity contribution in [1.82, 2.24) is 10.2 Å². The minimum Gasteiger partial charge on any atom is -0.497 e. The van der Waals surface area contributed by atoms with Gasteiger partial charge in [0.1, 0.15) is 5.75 Å². The van der Waals surface area contributed by atoms with Crippen molar-refractivity contribution in [1.29, 1.82) is 0 Å². The molecule has 4 heteroatoms. The SMILES string of the molecule is CCN(CC)CCCCNC(=O)c1cccc(OC)c1. The fraction of sp³-hybridized carbons (Fsp3) is 0.562. The number of nitrogens with one attached hydrogen (secondary N) is 1. The highest BCUT2D eigenvalue weighted by molar-refractivity contribution is 5.94. The Kier molecular flexibility index (Phi) is 7.73. The Labute approximate surface area is 122 Å². The molecule has 0 spiro atoms. The van der Waals surface area contributed by atoms with Crippen LogP contribution >= 0.6 is 0 Å². The molecular weight excluding hydrogens is 252 g/mol. The average molecular weight is 278 g/mol. The fourth-order valence-electron chi connectivity index (χ4n) is 2.07. The van der Waals surface area contributed by atoms with Gasteiger partial charge < -0.3 is 15.0 Å². The van der Waals surface area contributed by atoms with Crippen molar-refractivity contribution in [3.05, 3.63) is 29.8 Å². The van der Waals surface area contributed by atoms with E-state index in [2.05, 4.69) is 24.1 Å². The summed E-state index contributed by atoms with van der Waals surface area (Å²) in [6.07, 6.45) is 2.12. The van der Waals surface area contributed by atoms with E-state index in [1.165, 1.54) is 0 Å². The van der Waals surface area contributed by atoms with E-state index in [0.717, 1.165) is 39.0 Å². The molecule has 0 fully saturated rings. The maximum atomic E-state index is 11.9. The fourth-order valence-corrected chi connectivity index (χ4v) is 2.07. The van der Waals surface area contributed by atoms with Gasteiger partial charge in [0.2, 0.25) is 0 Å². The lowest BCUT2D eigenvalue weighted by molar-refractivity contribution is 0.0952. The summed E-state index contributed by atoms with van der Waals surface area (Å²) in [5.74, 6) is 0.672. The Morgan fingerprint density at radius 2 is 2.00 bits per heavy atom. The van der Waals surface area contributed by atoms with Crippen LogP contribution in [-0.4, -0.2) is 44.1 Å². The normalized spacial score (nSPS) is 10.6. The van der Waals surface area contributed by atoms with Crippen LogP contribution in [0.15, 0.2) is 24.3 Å². The third-order valence-corrected chi connectivity index (χ3v) is 3.41. The zero-order valence-electron chi connectivity index (χ0n) is 12.8. The lowest BCUT2D eigenvalue weighted by Gasteiger charge is -2.17. The first-order valence-corrected chi connectivity index (χ1v) is 7.35. The number of hydrogen-bond acceptors (Lipinski definition) is 3. The molecule has 1 aromatic rings. The van der Waals surface area contributed by atoms with Gasteiger partial charge in [-0.1, -0.05) is 19.9 Å². The Hall–Kier alpha value is -1.55. The standard InChI is InChI=1S/C16H26N2O2/c1-4-18(5-2)12-7-6-11-17-16(19)14-9-8-10-15(13-14)20-3/h8-10,13H,4-7,11-12H2,1-3H3,(H,17,19). The lowest BCUT2D eigenvalue weighted by atomic mass is 10.2. The molecule has 20 heavy (non-hydrogen) atoms. The summed E-state index contributed by atoms with van der Waals surface area (Å²) in [5, 5.41) is 2.95. The molecule has 4 nitrogen and oxygen atoms in total. The van der Waals surface area contributed by atoms with Gasteiger partial charge in [0.15, 0.2) is 0 Å². The zero-order chi connectivity index (χ0) is 14.8. The lowest BCUT2D eigenvalue weighted by Crippen LogP contribution is -2.27. The second-order valence-corrected chi connectivity index (χ2v) is 4.72. The first-order chi connectivity index (χ1) is 9.71. The van der Waals surface area contributed by atoms with Crippen LogP contribution in [0.4, 0.5) is 0 Å². The molecule has 0 aliphatic carbocycles. The van der Waals surface area contributed by atoms with Gasteiger partial charge in [0.05, 0.1) is 7.11 Å². The molecule has 0 heterocycles. The van der Waals surface area contributed by atoms with Crippen LogP contribution in [0.3, 0.4) is 0 Å². The number of carbonyl (C=O) groups is 1. The van der Waals surface area contributed by atoms with E-state index in [0.29, 0.717) is 11.3 Å². The van der Waals surface area contributed by atoms with E-state index in [1.807, 2.05) is 12.1 Å². The molecule has 0 saturated heterocycles. The van der Waals surface area contributed by atoms with Crippen molar-refractivity contribution in [2.24, 2.45) is 0 Å².